The Bertz CT molecular complexity index is 887. The van der Waals surface area contributed by atoms with Gasteiger partial charge in [-0.15, -0.1) is 5.10 Å². The molecule has 1 unspecified atom stereocenters. The summed E-state index contributed by atoms with van der Waals surface area (Å²) in [6.45, 7) is 1.31. The highest BCUT2D eigenvalue weighted by Crippen LogP contribution is 2.26. The first kappa shape index (κ1) is 16.4. The van der Waals surface area contributed by atoms with Crippen LogP contribution >= 0.6 is 0 Å². The van der Waals surface area contributed by atoms with E-state index >= 15 is 0 Å². The van der Waals surface area contributed by atoms with Crippen LogP contribution in [0.25, 0.3) is 5.69 Å². The fourth-order valence-corrected chi connectivity index (χ4v) is 3.43. The topological polar surface area (TPSA) is 81.7 Å². The maximum atomic E-state index is 13.0. The van der Waals surface area contributed by atoms with Crippen molar-refractivity contribution in [3.05, 3.63) is 54.1 Å². The number of rotatable bonds is 4. The van der Waals surface area contributed by atoms with Crippen LogP contribution in [0.1, 0.15) is 36.6 Å². The number of nitrogens with zero attached hydrogens (tertiary/aromatic N) is 7. The zero-order valence-electron chi connectivity index (χ0n) is 14.7. The van der Waals surface area contributed by atoms with E-state index in [4.69, 9.17) is 0 Å². The molecule has 0 saturated carbocycles. The van der Waals surface area contributed by atoms with Crippen molar-refractivity contribution in [1.82, 2.24) is 34.9 Å². The van der Waals surface area contributed by atoms with Gasteiger partial charge in [0.1, 0.15) is 0 Å². The molecule has 2 aromatic heterocycles. The number of tetrazole rings is 1. The van der Waals surface area contributed by atoms with Gasteiger partial charge in [0, 0.05) is 32.5 Å². The Hall–Kier alpha value is -3.03. The summed E-state index contributed by atoms with van der Waals surface area (Å²) in [5.41, 5.74) is 2.04. The van der Waals surface area contributed by atoms with Gasteiger partial charge in [-0.25, -0.2) is 9.36 Å². The van der Waals surface area contributed by atoms with E-state index in [9.17, 15) is 4.79 Å². The number of benzene rings is 1. The lowest BCUT2D eigenvalue weighted by molar-refractivity contribution is -0.132. The Morgan fingerprint density at radius 2 is 2.23 bits per heavy atom. The molecule has 0 aliphatic carbocycles. The van der Waals surface area contributed by atoms with Gasteiger partial charge in [0.05, 0.1) is 11.6 Å². The van der Waals surface area contributed by atoms with E-state index in [2.05, 4.69) is 20.6 Å². The van der Waals surface area contributed by atoms with Crippen molar-refractivity contribution in [3.63, 3.8) is 0 Å². The van der Waals surface area contributed by atoms with Crippen LogP contribution < -0.4 is 0 Å². The van der Waals surface area contributed by atoms with Crippen molar-refractivity contribution < 1.29 is 4.79 Å². The second-order valence-electron chi connectivity index (χ2n) is 6.62. The third-order valence-electron chi connectivity index (χ3n) is 4.76. The number of carbonyl (C=O) groups excluding carboxylic acids is 1. The van der Waals surface area contributed by atoms with Crippen LogP contribution in [0, 0.1) is 0 Å². The maximum absolute atomic E-state index is 13.0. The summed E-state index contributed by atoms with van der Waals surface area (Å²) in [6.07, 6.45) is 6.43. The molecule has 0 fully saturated rings. The predicted octanol–water partition coefficient (Wildman–Crippen LogP) is 1.78. The number of aryl methyl sites for hydroxylation is 1. The third kappa shape index (κ3) is 3.22. The lowest BCUT2D eigenvalue weighted by Gasteiger charge is -2.22. The fourth-order valence-electron chi connectivity index (χ4n) is 3.43. The van der Waals surface area contributed by atoms with Crippen molar-refractivity contribution in [3.8, 4) is 5.69 Å². The summed E-state index contributed by atoms with van der Waals surface area (Å²) in [7, 11) is 1.84. The molecule has 0 saturated heterocycles. The molecule has 1 aromatic carbocycles. The molecule has 3 aromatic rings. The van der Waals surface area contributed by atoms with Gasteiger partial charge < -0.3 is 4.90 Å². The summed E-state index contributed by atoms with van der Waals surface area (Å²) < 4.78 is 3.58. The lowest BCUT2D eigenvalue weighted by atomic mass is 10.0. The first-order valence-electron chi connectivity index (χ1n) is 8.82. The van der Waals surface area contributed by atoms with Gasteiger partial charge in [0.2, 0.25) is 5.91 Å². The quantitative estimate of drug-likeness (QED) is 0.716. The minimum Gasteiger partial charge on any atom is -0.341 e. The number of likely N-dealkylation sites (N-methyl/N-ethyl adjacent to an activating group) is 1. The van der Waals surface area contributed by atoms with E-state index in [0.717, 1.165) is 37.1 Å². The van der Waals surface area contributed by atoms with E-state index in [1.165, 1.54) is 0 Å². The minimum atomic E-state index is -0.271. The van der Waals surface area contributed by atoms with Crippen molar-refractivity contribution >= 4 is 5.91 Å². The van der Waals surface area contributed by atoms with Crippen molar-refractivity contribution in [2.45, 2.75) is 38.3 Å². The zero-order valence-corrected chi connectivity index (χ0v) is 14.7. The van der Waals surface area contributed by atoms with Crippen LogP contribution in [-0.4, -0.2) is 47.8 Å². The van der Waals surface area contributed by atoms with Crippen molar-refractivity contribution in [1.29, 1.82) is 0 Å². The van der Waals surface area contributed by atoms with E-state index in [1.807, 2.05) is 48.3 Å². The fraction of sp³-hybridized carbons (Fsp3) is 0.389. The monoisotopic (exact) mass is 351 g/mol. The Kier molecular flexibility index (Phi) is 4.47. The highest BCUT2D eigenvalue weighted by Gasteiger charge is 2.30. The summed E-state index contributed by atoms with van der Waals surface area (Å²) in [5, 5.41) is 16.1. The molecule has 1 aliphatic rings. The predicted molar refractivity (Wildman–Crippen MR) is 94.4 cm³/mol. The Balaban J connectivity index is 1.51. The van der Waals surface area contributed by atoms with Gasteiger partial charge >= 0.3 is 0 Å². The van der Waals surface area contributed by atoms with Crippen LogP contribution in [0.5, 0.6) is 0 Å². The highest BCUT2D eigenvalue weighted by atomic mass is 16.2. The average molecular weight is 351 g/mol. The van der Waals surface area contributed by atoms with E-state index in [1.54, 1.807) is 15.8 Å². The number of carbonyl (C=O) groups is 1. The molecule has 3 heterocycles. The number of amides is 1. The van der Waals surface area contributed by atoms with Gasteiger partial charge in [-0.05, 0) is 47.0 Å². The molecule has 134 valence electrons. The number of fused-ring (bicyclic) bond motifs is 1. The molecule has 26 heavy (non-hydrogen) atoms. The van der Waals surface area contributed by atoms with Gasteiger partial charge in [-0.3, -0.25) is 4.79 Å². The molecule has 0 spiro atoms. The summed E-state index contributed by atoms with van der Waals surface area (Å²) >= 11 is 0. The van der Waals surface area contributed by atoms with E-state index < -0.39 is 0 Å². The van der Waals surface area contributed by atoms with Gasteiger partial charge in [-0.2, -0.15) is 5.10 Å². The summed E-state index contributed by atoms with van der Waals surface area (Å²) in [4.78, 5) is 14.8. The summed E-state index contributed by atoms with van der Waals surface area (Å²) in [5.74, 6) is 0.476. The van der Waals surface area contributed by atoms with E-state index in [0.29, 0.717) is 12.4 Å². The first-order chi connectivity index (χ1) is 12.7. The maximum Gasteiger partial charge on any atom is 0.233 e. The van der Waals surface area contributed by atoms with Crippen LogP contribution in [-0.2, 0) is 17.9 Å². The van der Waals surface area contributed by atoms with Gasteiger partial charge in [0.15, 0.2) is 5.82 Å². The lowest BCUT2D eigenvalue weighted by Crippen LogP contribution is -2.32. The zero-order chi connectivity index (χ0) is 17.9. The second kappa shape index (κ2) is 7.07. The molecule has 0 N–H and O–H groups in total. The molecule has 0 radical (unpaired) electrons. The molecule has 1 amide bonds. The Morgan fingerprint density at radius 1 is 1.31 bits per heavy atom. The number of hydrogen-bond donors (Lipinski definition) is 0. The second-order valence-corrected chi connectivity index (χ2v) is 6.62. The SMILES string of the molecule is CN(Cc1cccc(-n2cccn2)c1)C(=O)C1CCCCn2nnnc21. The standard InChI is InChI=1S/C18H21N7O/c1-23(13-14-6-4-7-15(12-14)24-11-5-9-19-24)18(26)16-8-2-3-10-25-17(16)20-21-22-25/h4-7,9,11-12,16H,2-3,8,10,13H2,1H3. The molecule has 8 heteroatoms. The van der Waals surface area contributed by atoms with Crippen LogP contribution in [0.15, 0.2) is 42.7 Å². The minimum absolute atomic E-state index is 0.0624. The van der Waals surface area contributed by atoms with E-state index in [-0.39, 0.29) is 11.8 Å². The Morgan fingerprint density at radius 3 is 3.08 bits per heavy atom. The number of aromatic nitrogens is 6. The molecule has 8 nitrogen and oxygen atoms in total. The Labute approximate surface area is 151 Å². The average Bonchev–Trinajstić information content (AvgIpc) is 3.31. The van der Waals surface area contributed by atoms with Crippen LogP contribution in [0.3, 0.4) is 0 Å². The van der Waals surface area contributed by atoms with Crippen molar-refractivity contribution in [2.24, 2.45) is 0 Å². The largest absolute Gasteiger partial charge is 0.341 e. The van der Waals surface area contributed by atoms with Crippen molar-refractivity contribution in [2.75, 3.05) is 7.05 Å². The molecular formula is C18H21N7O. The molecular weight excluding hydrogens is 330 g/mol. The highest BCUT2D eigenvalue weighted by molar-refractivity contribution is 5.82. The van der Waals surface area contributed by atoms with Crippen LogP contribution in [0.4, 0.5) is 0 Å². The first-order valence-corrected chi connectivity index (χ1v) is 8.82. The molecule has 4 rings (SSSR count). The number of hydrogen-bond acceptors (Lipinski definition) is 5. The van der Waals surface area contributed by atoms with Gasteiger partial charge in [-0.1, -0.05) is 18.6 Å². The molecule has 1 aliphatic heterocycles. The molecule has 1 atom stereocenters. The van der Waals surface area contributed by atoms with Crippen LogP contribution in [0.2, 0.25) is 0 Å². The van der Waals surface area contributed by atoms with Gasteiger partial charge in [0.25, 0.3) is 0 Å². The molecule has 0 bridgehead atoms. The smallest absolute Gasteiger partial charge is 0.233 e. The summed E-state index contributed by atoms with van der Waals surface area (Å²) in [6, 6.07) is 9.94. The normalized spacial score (nSPS) is 16.7. The third-order valence-corrected chi connectivity index (χ3v) is 4.76.